The van der Waals surface area contributed by atoms with Crippen LogP contribution in [0.3, 0.4) is 0 Å². The van der Waals surface area contributed by atoms with Crippen LogP contribution in [0.2, 0.25) is 0 Å². The van der Waals surface area contributed by atoms with Gasteiger partial charge in [-0.25, -0.2) is 4.39 Å². The highest BCUT2D eigenvalue weighted by Crippen LogP contribution is 2.38. The number of morpholine rings is 1. The third-order valence-corrected chi connectivity index (χ3v) is 5.11. The van der Waals surface area contributed by atoms with E-state index in [1.54, 1.807) is 24.3 Å². The van der Waals surface area contributed by atoms with Gasteiger partial charge in [-0.05, 0) is 29.8 Å². The highest BCUT2D eigenvalue weighted by atomic mass is 19.1. The first kappa shape index (κ1) is 21.1. The van der Waals surface area contributed by atoms with Crippen molar-refractivity contribution in [2.45, 2.75) is 0 Å². The van der Waals surface area contributed by atoms with E-state index in [2.05, 4.69) is 4.90 Å². The molecule has 0 unspecified atom stereocenters. The Kier molecular flexibility index (Phi) is 6.69. The molecule has 0 radical (unpaired) electrons. The van der Waals surface area contributed by atoms with E-state index in [1.165, 1.54) is 25.3 Å². The Hall–Kier alpha value is -3.10. The summed E-state index contributed by atoms with van der Waals surface area (Å²) in [6.07, 6.45) is 2.93. The van der Waals surface area contributed by atoms with Gasteiger partial charge >= 0.3 is 0 Å². The van der Waals surface area contributed by atoms with Crippen molar-refractivity contribution in [1.82, 2.24) is 4.90 Å². The fourth-order valence-corrected chi connectivity index (χ4v) is 3.39. The van der Waals surface area contributed by atoms with Gasteiger partial charge in [0.25, 0.3) is 0 Å². The number of nitrogens with zero attached hydrogens (tertiary/aromatic N) is 1. The van der Waals surface area contributed by atoms with Gasteiger partial charge in [-0.3, -0.25) is 9.69 Å². The number of allylic oxidation sites excluding steroid dienone is 1. The number of carbonyl (C=O) groups excluding carboxylic acids is 1. The van der Waals surface area contributed by atoms with Gasteiger partial charge in [0.2, 0.25) is 6.79 Å². The van der Waals surface area contributed by atoms with Crippen LogP contribution in [-0.2, 0) is 4.74 Å². The molecule has 2 aromatic carbocycles. The second kappa shape index (κ2) is 9.80. The summed E-state index contributed by atoms with van der Waals surface area (Å²) >= 11 is 0. The first-order chi connectivity index (χ1) is 15.1. The van der Waals surface area contributed by atoms with Crippen LogP contribution < -0.4 is 18.9 Å². The Labute approximate surface area is 179 Å². The van der Waals surface area contributed by atoms with Crippen LogP contribution in [0.25, 0.3) is 6.08 Å². The van der Waals surface area contributed by atoms with E-state index in [9.17, 15) is 9.18 Å². The number of hydrogen-bond donors (Lipinski definition) is 0. The molecule has 2 aliphatic heterocycles. The van der Waals surface area contributed by atoms with E-state index in [0.29, 0.717) is 48.2 Å². The molecule has 164 valence electrons. The normalized spacial score (nSPS) is 15.9. The minimum atomic E-state index is -0.493. The molecule has 0 atom stereocenters. The van der Waals surface area contributed by atoms with Crippen molar-refractivity contribution in [3.05, 3.63) is 53.4 Å². The average Bonchev–Trinajstić information content (AvgIpc) is 3.25. The Morgan fingerprint density at radius 3 is 2.65 bits per heavy atom. The number of methoxy groups -OCH3 is 1. The number of ether oxygens (including phenoxy) is 5. The van der Waals surface area contributed by atoms with Crippen molar-refractivity contribution < 1.29 is 32.9 Å². The third-order valence-electron chi connectivity index (χ3n) is 5.11. The third kappa shape index (κ3) is 5.15. The van der Waals surface area contributed by atoms with Gasteiger partial charge in [-0.2, -0.15) is 0 Å². The van der Waals surface area contributed by atoms with Crippen LogP contribution in [0.1, 0.15) is 15.9 Å². The number of carbonyl (C=O) groups is 1. The van der Waals surface area contributed by atoms with Crippen molar-refractivity contribution >= 4 is 11.9 Å². The molecule has 0 bridgehead atoms. The van der Waals surface area contributed by atoms with Gasteiger partial charge in [-0.15, -0.1) is 0 Å². The number of rotatable bonds is 8. The lowest BCUT2D eigenvalue weighted by atomic mass is 10.1. The topological polar surface area (TPSA) is 66.5 Å². The van der Waals surface area contributed by atoms with Crippen molar-refractivity contribution in [3.63, 3.8) is 0 Å². The second-order valence-electron chi connectivity index (χ2n) is 7.10. The molecule has 1 saturated heterocycles. The van der Waals surface area contributed by atoms with Gasteiger partial charge in [0, 0.05) is 25.7 Å². The van der Waals surface area contributed by atoms with Gasteiger partial charge in [-0.1, -0.05) is 12.1 Å². The summed E-state index contributed by atoms with van der Waals surface area (Å²) in [7, 11) is 1.40. The Morgan fingerprint density at radius 2 is 1.90 bits per heavy atom. The fourth-order valence-electron chi connectivity index (χ4n) is 3.39. The van der Waals surface area contributed by atoms with Crippen LogP contribution >= 0.6 is 0 Å². The lowest BCUT2D eigenvalue weighted by Gasteiger charge is -2.26. The van der Waals surface area contributed by atoms with E-state index in [-0.39, 0.29) is 18.3 Å². The van der Waals surface area contributed by atoms with E-state index < -0.39 is 5.82 Å². The molecular weight excluding hydrogens is 405 g/mol. The molecule has 0 amide bonds. The lowest BCUT2D eigenvalue weighted by molar-refractivity contribution is 0.0322. The number of hydrogen-bond acceptors (Lipinski definition) is 7. The first-order valence-corrected chi connectivity index (χ1v) is 10.1. The Bertz CT molecular complexity index is 971. The molecule has 0 N–H and O–H groups in total. The molecule has 8 heteroatoms. The number of benzene rings is 2. The minimum Gasteiger partial charge on any atom is -0.494 e. The predicted molar refractivity (Wildman–Crippen MR) is 112 cm³/mol. The molecule has 31 heavy (non-hydrogen) atoms. The van der Waals surface area contributed by atoms with Crippen LogP contribution in [0.5, 0.6) is 23.0 Å². The van der Waals surface area contributed by atoms with Crippen LogP contribution in [0.4, 0.5) is 4.39 Å². The van der Waals surface area contributed by atoms with Crippen LogP contribution in [0.15, 0.2) is 36.4 Å². The molecule has 7 nitrogen and oxygen atoms in total. The van der Waals surface area contributed by atoms with Gasteiger partial charge < -0.3 is 23.7 Å². The van der Waals surface area contributed by atoms with E-state index in [0.717, 1.165) is 19.6 Å². The number of fused-ring (bicyclic) bond motifs is 1. The lowest BCUT2D eigenvalue weighted by Crippen LogP contribution is -2.38. The summed E-state index contributed by atoms with van der Waals surface area (Å²) in [6.45, 7) is 4.39. The number of halogens is 1. The van der Waals surface area contributed by atoms with Crippen molar-refractivity contribution in [2.24, 2.45) is 0 Å². The van der Waals surface area contributed by atoms with Gasteiger partial charge in [0.05, 0.1) is 25.9 Å². The SMILES string of the molecule is COc1ccc(C=CC(=O)c2cc3c(cc2OCCN2CCOCC2)OCO3)cc1F. The molecule has 1 fully saturated rings. The van der Waals surface area contributed by atoms with E-state index in [1.807, 2.05) is 0 Å². The standard InChI is InChI=1S/C23H24FNO6/c1-27-20-5-3-16(12-18(20)24)2-4-19(26)17-13-22-23(31-15-30-22)14-21(17)29-11-8-25-6-9-28-10-7-25/h2-5,12-14H,6-11,15H2,1H3. The minimum absolute atomic E-state index is 0.0984. The van der Waals surface area contributed by atoms with Gasteiger partial charge in [0.1, 0.15) is 12.4 Å². The number of ketones is 1. The maximum atomic E-state index is 13.9. The molecular formula is C23H24FNO6. The zero-order chi connectivity index (χ0) is 21.6. The summed E-state index contributed by atoms with van der Waals surface area (Å²) in [5.41, 5.74) is 0.902. The summed E-state index contributed by atoms with van der Waals surface area (Å²) in [5, 5.41) is 0. The van der Waals surface area contributed by atoms with Crippen molar-refractivity contribution in [3.8, 4) is 23.0 Å². The predicted octanol–water partition coefficient (Wildman–Crippen LogP) is 3.17. The Morgan fingerprint density at radius 1 is 1.13 bits per heavy atom. The van der Waals surface area contributed by atoms with Crippen molar-refractivity contribution in [1.29, 1.82) is 0 Å². The average molecular weight is 429 g/mol. The first-order valence-electron chi connectivity index (χ1n) is 10.1. The van der Waals surface area contributed by atoms with Gasteiger partial charge in [0.15, 0.2) is 28.8 Å². The van der Waals surface area contributed by atoms with E-state index >= 15 is 0 Å². The maximum Gasteiger partial charge on any atom is 0.231 e. The van der Waals surface area contributed by atoms with Crippen LogP contribution in [0, 0.1) is 5.82 Å². The zero-order valence-electron chi connectivity index (χ0n) is 17.3. The molecule has 2 aromatic rings. The highest BCUT2D eigenvalue weighted by Gasteiger charge is 2.21. The maximum absolute atomic E-state index is 13.9. The molecule has 2 aliphatic rings. The second-order valence-corrected chi connectivity index (χ2v) is 7.10. The summed E-state index contributed by atoms with van der Waals surface area (Å²) in [5.74, 6) is 0.832. The largest absolute Gasteiger partial charge is 0.494 e. The smallest absolute Gasteiger partial charge is 0.231 e. The molecule has 0 aliphatic carbocycles. The summed E-state index contributed by atoms with van der Waals surface area (Å²) in [6, 6.07) is 7.79. The van der Waals surface area contributed by atoms with E-state index in [4.69, 9.17) is 23.7 Å². The monoisotopic (exact) mass is 429 g/mol. The molecule has 0 saturated carbocycles. The molecule has 0 spiro atoms. The van der Waals surface area contributed by atoms with Crippen molar-refractivity contribution in [2.75, 3.05) is 53.4 Å². The summed E-state index contributed by atoms with van der Waals surface area (Å²) in [4.78, 5) is 15.1. The Balaban J connectivity index is 1.49. The molecule has 0 aromatic heterocycles. The highest BCUT2D eigenvalue weighted by molar-refractivity contribution is 6.09. The van der Waals surface area contributed by atoms with Crippen LogP contribution in [-0.4, -0.2) is 64.0 Å². The quantitative estimate of drug-likeness (QED) is 0.472. The molecule has 2 heterocycles. The summed E-state index contributed by atoms with van der Waals surface area (Å²) < 4.78 is 40.9. The fraction of sp³-hybridized carbons (Fsp3) is 0.348. The zero-order valence-corrected chi connectivity index (χ0v) is 17.3. The molecule has 4 rings (SSSR count).